The number of rotatable bonds is 5. The molecule has 0 N–H and O–H groups in total. The average molecular weight is 369 g/mol. The molecule has 27 heavy (non-hydrogen) atoms. The number of pyridine rings is 1. The van der Waals surface area contributed by atoms with Gasteiger partial charge in [0, 0.05) is 31.9 Å². The molecule has 2 fully saturated rings. The van der Waals surface area contributed by atoms with Crippen molar-refractivity contribution in [3.63, 3.8) is 0 Å². The summed E-state index contributed by atoms with van der Waals surface area (Å²) in [5.41, 5.74) is 1.04. The monoisotopic (exact) mass is 369 g/mol. The molecule has 0 radical (unpaired) electrons. The molecule has 144 valence electrons. The van der Waals surface area contributed by atoms with E-state index in [0.29, 0.717) is 32.8 Å². The molecule has 0 aliphatic carbocycles. The van der Waals surface area contributed by atoms with E-state index in [1.807, 2.05) is 27.9 Å². The van der Waals surface area contributed by atoms with Crippen LogP contribution in [-0.4, -0.2) is 69.6 Å². The quantitative estimate of drug-likeness (QED) is 0.805. The fourth-order valence-electron chi connectivity index (χ4n) is 4.00. The van der Waals surface area contributed by atoms with Crippen LogP contribution >= 0.6 is 0 Å². The van der Waals surface area contributed by atoms with Crippen LogP contribution in [0, 0.1) is 0 Å². The summed E-state index contributed by atoms with van der Waals surface area (Å²) in [6.07, 6.45) is 6.77. The van der Waals surface area contributed by atoms with Crippen LogP contribution in [0.5, 0.6) is 0 Å². The van der Waals surface area contributed by atoms with E-state index in [0.717, 1.165) is 43.1 Å². The van der Waals surface area contributed by atoms with E-state index >= 15 is 0 Å². The lowest BCUT2D eigenvalue weighted by atomic mass is 10.1. The second kappa shape index (κ2) is 8.19. The molecule has 1 amide bonds. The van der Waals surface area contributed by atoms with E-state index in [-0.39, 0.29) is 11.9 Å². The first-order chi connectivity index (χ1) is 13.3. The van der Waals surface area contributed by atoms with Crippen LogP contribution < -0.4 is 0 Å². The maximum absolute atomic E-state index is 12.7. The Hall–Kier alpha value is -2.25. The van der Waals surface area contributed by atoms with Gasteiger partial charge in [-0.1, -0.05) is 13.0 Å². The van der Waals surface area contributed by atoms with E-state index < -0.39 is 0 Å². The van der Waals surface area contributed by atoms with E-state index in [9.17, 15) is 4.79 Å². The molecular weight excluding hydrogens is 342 g/mol. The van der Waals surface area contributed by atoms with Gasteiger partial charge in [-0.25, -0.2) is 9.97 Å². The zero-order valence-electron chi connectivity index (χ0n) is 15.9. The van der Waals surface area contributed by atoms with Crippen molar-refractivity contribution in [2.24, 2.45) is 0 Å². The summed E-state index contributed by atoms with van der Waals surface area (Å²) in [6.45, 7) is 6.18. The summed E-state index contributed by atoms with van der Waals surface area (Å²) < 4.78 is 7.40. The van der Waals surface area contributed by atoms with Crippen molar-refractivity contribution in [1.29, 1.82) is 0 Å². The Morgan fingerprint density at radius 3 is 2.93 bits per heavy atom. The lowest BCUT2D eigenvalue weighted by molar-refractivity contribution is -0.136. The molecule has 4 heterocycles. The minimum Gasteiger partial charge on any atom is -0.378 e. The van der Waals surface area contributed by atoms with Crippen molar-refractivity contribution in [1.82, 2.24) is 24.3 Å². The highest BCUT2D eigenvalue weighted by Gasteiger charge is 2.30. The lowest BCUT2D eigenvalue weighted by Crippen LogP contribution is -2.45. The van der Waals surface area contributed by atoms with Gasteiger partial charge in [-0.2, -0.15) is 0 Å². The van der Waals surface area contributed by atoms with Gasteiger partial charge in [0.1, 0.15) is 11.6 Å². The average Bonchev–Trinajstić information content (AvgIpc) is 3.38. The molecule has 0 spiro atoms. The number of carbonyl (C=O) groups excluding carboxylic acids is 1. The van der Waals surface area contributed by atoms with Crippen LogP contribution in [0.4, 0.5) is 0 Å². The first-order valence-corrected chi connectivity index (χ1v) is 9.85. The normalized spacial score (nSPS) is 20.9. The molecule has 0 aromatic carbocycles. The second-order valence-corrected chi connectivity index (χ2v) is 7.11. The molecule has 2 saturated heterocycles. The van der Waals surface area contributed by atoms with Gasteiger partial charge in [0.05, 0.1) is 31.5 Å². The molecule has 7 heteroatoms. The van der Waals surface area contributed by atoms with Gasteiger partial charge in [0.15, 0.2) is 0 Å². The first-order valence-electron chi connectivity index (χ1n) is 9.85. The number of morpholine rings is 1. The third-order valence-corrected chi connectivity index (χ3v) is 5.44. The largest absolute Gasteiger partial charge is 0.378 e. The number of hydrogen-bond acceptors (Lipinski definition) is 5. The van der Waals surface area contributed by atoms with Crippen LogP contribution in [-0.2, 0) is 16.0 Å². The van der Waals surface area contributed by atoms with E-state index in [1.54, 1.807) is 0 Å². The summed E-state index contributed by atoms with van der Waals surface area (Å²) in [7, 11) is 0. The van der Waals surface area contributed by atoms with Gasteiger partial charge in [-0.05, 0) is 31.5 Å². The smallest absolute Gasteiger partial charge is 0.236 e. The van der Waals surface area contributed by atoms with Crippen LogP contribution in [0.2, 0.25) is 0 Å². The second-order valence-electron chi connectivity index (χ2n) is 7.11. The summed E-state index contributed by atoms with van der Waals surface area (Å²) in [4.78, 5) is 26.2. The Morgan fingerprint density at radius 2 is 2.11 bits per heavy atom. The van der Waals surface area contributed by atoms with Crippen LogP contribution in [0.25, 0.3) is 5.82 Å². The van der Waals surface area contributed by atoms with Crippen molar-refractivity contribution >= 4 is 5.91 Å². The molecule has 2 aromatic rings. The number of hydrogen-bond donors (Lipinski definition) is 0. The van der Waals surface area contributed by atoms with E-state index in [2.05, 4.69) is 28.9 Å². The van der Waals surface area contributed by atoms with Gasteiger partial charge in [0.2, 0.25) is 5.91 Å². The number of aryl methyl sites for hydroxylation is 1. The molecule has 2 aliphatic heterocycles. The molecule has 2 aromatic heterocycles. The zero-order valence-corrected chi connectivity index (χ0v) is 15.9. The molecule has 2 aliphatic rings. The highest BCUT2D eigenvalue weighted by molar-refractivity contribution is 5.78. The Morgan fingerprint density at radius 1 is 1.26 bits per heavy atom. The molecule has 1 atom stereocenters. The summed E-state index contributed by atoms with van der Waals surface area (Å²) in [5.74, 6) is 2.10. The van der Waals surface area contributed by atoms with E-state index in [1.165, 1.54) is 0 Å². The first kappa shape index (κ1) is 18.1. The number of imidazole rings is 1. The predicted octanol–water partition coefficient (Wildman–Crippen LogP) is 1.83. The van der Waals surface area contributed by atoms with Gasteiger partial charge < -0.3 is 9.64 Å². The maximum Gasteiger partial charge on any atom is 0.236 e. The number of likely N-dealkylation sites (tertiary alicyclic amines) is 1. The van der Waals surface area contributed by atoms with Gasteiger partial charge in [-0.15, -0.1) is 0 Å². The van der Waals surface area contributed by atoms with Crippen LogP contribution in [0.1, 0.15) is 37.3 Å². The Kier molecular flexibility index (Phi) is 5.50. The Labute approximate surface area is 160 Å². The van der Waals surface area contributed by atoms with Gasteiger partial charge in [-0.3, -0.25) is 14.3 Å². The van der Waals surface area contributed by atoms with Crippen molar-refractivity contribution in [2.75, 3.05) is 39.4 Å². The van der Waals surface area contributed by atoms with Crippen molar-refractivity contribution in [2.45, 2.75) is 32.2 Å². The number of aromatic nitrogens is 3. The van der Waals surface area contributed by atoms with Crippen molar-refractivity contribution < 1.29 is 9.53 Å². The Bertz CT molecular complexity index is 784. The summed E-state index contributed by atoms with van der Waals surface area (Å²) >= 11 is 0. The van der Waals surface area contributed by atoms with Crippen LogP contribution in [0.3, 0.4) is 0 Å². The van der Waals surface area contributed by atoms with Crippen molar-refractivity contribution in [3.8, 4) is 5.82 Å². The minimum absolute atomic E-state index is 0.198. The molecule has 4 rings (SSSR count). The SMILES string of the molecule is CCc1nccn1-c1cccc([C@@H]2CCCN2CC(=O)N2CCOCC2)n1. The van der Waals surface area contributed by atoms with E-state index in [4.69, 9.17) is 9.72 Å². The molecule has 7 nitrogen and oxygen atoms in total. The molecular formula is C20H27N5O2. The summed E-state index contributed by atoms with van der Waals surface area (Å²) in [5, 5.41) is 0. The Balaban J connectivity index is 1.50. The fraction of sp³-hybridized carbons (Fsp3) is 0.550. The standard InChI is InChI=1S/C20H27N5O2/c1-2-18-21-8-10-25(18)19-7-3-5-16(22-19)17-6-4-9-24(17)15-20(26)23-11-13-27-14-12-23/h3,5,7-8,10,17H,2,4,6,9,11-15H2,1H3/t17-/m0/s1. The van der Waals surface area contributed by atoms with Gasteiger partial charge in [0.25, 0.3) is 0 Å². The third kappa shape index (κ3) is 3.89. The number of amides is 1. The molecule has 0 bridgehead atoms. The maximum atomic E-state index is 12.7. The molecule has 0 saturated carbocycles. The number of carbonyl (C=O) groups is 1. The van der Waals surface area contributed by atoms with Crippen molar-refractivity contribution in [3.05, 3.63) is 42.1 Å². The predicted molar refractivity (Wildman–Crippen MR) is 102 cm³/mol. The topological polar surface area (TPSA) is 63.5 Å². The summed E-state index contributed by atoms with van der Waals surface area (Å²) in [6, 6.07) is 6.34. The zero-order chi connectivity index (χ0) is 18.6. The number of nitrogens with zero attached hydrogens (tertiary/aromatic N) is 5. The fourth-order valence-corrected chi connectivity index (χ4v) is 4.00. The van der Waals surface area contributed by atoms with Crippen LogP contribution in [0.15, 0.2) is 30.6 Å². The number of ether oxygens (including phenoxy) is 1. The lowest BCUT2D eigenvalue weighted by Gasteiger charge is -2.30. The van der Waals surface area contributed by atoms with Gasteiger partial charge >= 0.3 is 0 Å². The highest BCUT2D eigenvalue weighted by atomic mass is 16.5. The molecule has 0 unspecified atom stereocenters. The highest BCUT2D eigenvalue weighted by Crippen LogP contribution is 2.31. The third-order valence-electron chi connectivity index (χ3n) is 5.44. The minimum atomic E-state index is 0.198.